The average Bonchev–Trinajstić information content (AvgIpc) is 2.95. The summed E-state index contributed by atoms with van der Waals surface area (Å²) in [5, 5.41) is 4.73. The van der Waals surface area contributed by atoms with Crippen LogP contribution in [0.3, 0.4) is 0 Å². The summed E-state index contributed by atoms with van der Waals surface area (Å²) in [6, 6.07) is 4.72. The molecule has 0 bridgehead atoms. The van der Waals surface area contributed by atoms with E-state index in [-0.39, 0.29) is 0 Å². The first kappa shape index (κ1) is 12.8. The fourth-order valence-electron chi connectivity index (χ4n) is 2.40. The number of aryl methyl sites for hydroxylation is 1. The molecule has 3 rings (SSSR count). The molecule has 0 saturated heterocycles. The van der Waals surface area contributed by atoms with Gasteiger partial charge in [-0.05, 0) is 53.9 Å². The molecule has 0 aromatic carbocycles. The minimum Gasteiger partial charge on any atom is -0.309 e. The fraction of sp³-hybridized carbons (Fsp3) is 0.462. The predicted molar refractivity (Wildman–Crippen MR) is 82.5 cm³/mol. The van der Waals surface area contributed by atoms with E-state index in [2.05, 4.69) is 40.3 Å². The first-order valence-electron chi connectivity index (χ1n) is 6.26. The van der Waals surface area contributed by atoms with E-state index >= 15 is 0 Å². The smallest absolute Gasteiger partial charge is 0.134 e. The van der Waals surface area contributed by atoms with Gasteiger partial charge in [-0.15, -0.1) is 22.7 Å². The highest BCUT2D eigenvalue weighted by molar-refractivity contribution is 9.11. The summed E-state index contributed by atoms with van der Waals surface area (Å²) >= 11 is 7.15. The summed E-state index contributed by atoms with van der Waals surface area (Å²) < 4.78 is 1.17. The molecule has 1 atom stereocenters. The molecule has 0 radical (unpaired) electrons. The maximum Gasteiger partial charge on any atom is 0.134 e. The number of halogens is 1. The number of thiophene rings is 1. The molecule has 0 aliphatic heterocycles. The summed E-state index contributed by atoms with van der Waals surface area (Å²) in [7, 11) is 0. The van der Waals surface area contributed by atoms with Crippen molar-refractivity contribution in [3.8, 4) is 9.88 Å². The van der Waals surface area contributed by atoms with Crippen LogP contribution in [0.1, 0.15) is 36.4 Å². The van der Waals surface area contributed by atoms with Gasteiger partial charge < -0.3 is 5.32 Å². The Morgan fingerprint density at radius 2 is 2.33 bits per heavy atom. The average molecular weight is 343 g/mol. The molecule has 2 heterocycles. The van der Waals surface area contributed by atoms with E-state index in [9.17, 15) is 0 Å². The lowest BCUT2D eigenvalue weighted by molar-refractivity contribution is 0.465. The van der Waals surface area contributed by atoms with Gasteiger partial charge in [0.25, 0.3) is 0 Å². The van der Waals surface area contributed by atoms with Crippen molar-refractivity contribution in [2.24, 2.45) is 0 Å². The number of rotatable bonds is 3. The SMILES string of the molecule is CCNC1CCCc2sc(-c3ccc(Br)s3)nc21. The van der Waals surface area contributed by atoms with Crippen LogP contribution in [-0.4, -0.2) is 11.5 Å². The van der Waals surface area contributed by atoms with Crippen molar-refractivity contribution >= 4 is 38.6 Å². The van der Waals surface area contributed by atoms with Crippen LogP contribution in [0.25, 0.3) is 9.88 Å². The first-order valence-corrected chi connectivity index (χ1v) is 8.69. The number of hydrogen-bond acceptors (Lipinski definition) is 4. The zero-order chi connectivity index (χ0) is 12.5. The monoisotopic (exact) mass is 342 g/mol. The molecule has 0 spiro atoms. The lowest BCUT2D eigenvalue weighted by Crippen LogP contribution is -2.24. The van der Waals surface area contributed by atoms with E-state index in [4.69, 9.17) is 4.98 Å². The Morgan fingerprint density at radius 3 is 3.06 bits per heavy atom. The Morgan fingerprint density at radius 1 is 1.44 bits per heavy atom. The van der Waals surface area contributed by atoms with Gasteiger partial charge in [0.2, 0.25) is 0 Å². The molecule has 1 unspecified atom stereocenters. The van der Waals surface area contributed by atoms with E-state index in [1.54, 1.807) is 11.3 Å². The van der Waals surface area contributed by atoms with Crippen LogP contribution in [-0.2, 0) is 6.42 Å². The molecule has 5 heteroatoms. The second kappa shape index (κ2) is 5.41. The van der Waals surface area contributed by atoms with Gasteiger partial charge in [-0.25, -0.2) is 4.98 Å². The Kier molecular flexibility index (Phi) is 3.84. The standard InChI is InChI=1S/C13H15BrN2S2/c1-2-15-8-4-3-5-9-12(8)16-13(18-9)10-6-7-11(14)17-10/h6-8,15H,2-5H2,1H3. The zero-order valence-corrected chi connectivity index (χ0v) is 13.4. The molecule has 0 saturated carbocycles. The number of hydrogen-bond donors (Lipinski definition) is 1. The highest BCUT2D eigenvalue weighted by Crippen LogP contribution is 2.39. The molecule has 2 nitrogen and oxygen atoms in total. The molecule has 1 aliphatic rings. The summed E-state index contributed by atoms with van der Waals surface area (Å²) in [5.74, 6) is 0. The van der Waals surface area contributed by atoms with Gasteiger partial charge in [-0.1, -0.05) is 6.92 Å². The van der Waals surface area contributed by atoms with Crippen LogP contribution in [0, 0.1) is 0 Å². The van der Waals surface area contributed by atoms with Crippen LogP contribution >= 0.6 is 38.6 Å². The minimum absolute atomic E-state index is 0.465. The zero-order valence-electron chi connectivity index (χ0n) is 10.2. The van der Waals surface area contributed by atoms with Gasteiger partial charge in [-0.3, -0.25) is 0 Å². The molecule has 2 aromatic rings. The van der Waals surface area contributed by atoms with Gasteiger partial charge in [0.05, 0.1) is 20.4 Å². The Hall–Kier alpha value is -0.230. The van der Waals surface area contributed by atoms with Crippen molar-refractivity contribution in [3.63, 3.8) is 0 Å². The van der Waals surface area contributed by atoms with E-state index in [1.807, 2.05) is 11.3 Å². The highest BCUT2D eigenvalue weighted by atomic mass is 79.9. The highest BCUT2D eigenvalue weighted by Gasteiger charge is 2.24. The van der Waals surface area contributed by atoms with Crippen molar-refractivity contribution in [1.29, 1.82) is 0 Å². The van der Waals surface area contributed by atoms with Gasteiger partial charge in [0, 0.05) is 4.88 Å². The molecule has 0 fully saturated rings. The Labute approximate surface area is 124 Å². The summed E-state index contributed by atoms with van der Waals surface area (Å²) in [5.41, 5.74) is 1.30. The number of aromatic nitrogens is 1. The fourth-order valence-corrected chi connectivity index (χ4v) is 5.00. The topological polar surface area (TPSA) is 24.9 Å². The summed E-state index contributed by atoms with van der Waals surface area (Å²) in [4.78, 5) is 7.63. The molecule has 1 N–H and O–H groups in total. The molecule has 18 heavy (non-hydrogen) atoms. The molecule has 1 aliphatic carbocycles. The number of fused-ring (bicyclic) bond motifs is 1. The van der Waals surface area contributed by atoms with Gasteiger partial charge in [0.1, 0.15) is 5.01 Å². The Balaban J connectivity index is 1.95. The third kappa shape index (κ3) is 2.41. The van der Waals surface area contributed by atoms with E-state index in [0.29, 0.717) is 6.04 Å². The predicted octanol–water partition coefficient (Wildman–Crippen LogP) is 4.62. The van der Waals surface area contributed by atoms with Crippen LogP contribution in [0.5, 0.6) is 0 Å². The van der Waals surface area contributed by atoms with Crippen molar-refractivity contribution < 1.29 is 0 Å². The normalized spacial score (nSPS) is 18.9. The minimum atomic E-state index is 0.465. The maximum absolute atomic E-state index is 4.88. The molecular formula is C13H15BrN2S2. The number of nitrogens with one attached hydrogen (secondary N) is 1. The van der Waals surface area contributed by atoms with Crippen molar-refractivity contribution in [2.75, 3.05) is 6.54 Å². The van der Waals surface area contributed by atoms with Crippen LogP contribution < -0.4 is 5.32 Å². The van der Waals surface area contributed by atoms with Gasteiger partial charge in [0.15, 0.2) is 0 Å². The van der Waals surface area contributed by atoms with Crippen molar-refractivity contribution in [3.05, 3.63) is 26.5 Å². The molecule has 2 aromatic heterocycles. The van der Waals surface area contributed by atoms with E-state index in [1.165, 1.54) is 43.5 Å². The number of thiazole rings is 1. The third-order valence-corrected chi connectivity index (χ3v) is 6.11. The van der Waals surface area contributed by atoms with Gasteiger partial charge in [-0.2, -0.15) is 0 Å². The molecule has 96 valence electrons. The summed E-state index contributed by atoms with van der Waals surface area (Å²) in [6.45, 7) is 3.18. The quantitative estimate of drug-likeness (QED) is 0.880. The van der Waals surface area contributed by atoms with Crippen molar-refractivity contribution in [2.45, 2.75) is 32.2 Å². The summed E-state index contributed by atoms with van der Waals surface area (Å²) in [6.07, 6.45) is 3.69. The second-order valence-corrected chi connectivity index (χ2v) is 7.98. The lowest BCUT2D eigenvalue weighted by Gasteiger charge is -2.21. The van der Waals surface area contributed by atoms with Crippen molar-refractivity contribution in [1.82, 2.24) is 10.3 Å². The Bertz CT molecular complexity index is 547. The van der Waals surface area contributed by atoms with Crippen LogP contribution in [0.15, 0.2) is 15.9 Å². The third-order valence-electron chi connectivity index (χ3n) is 3.19. The molecule has 0 amide bonds. The van der Waals surface area contributed by atoms with Crippen LogP contribution in [0.4, 0.5) is 0 Å². The second-order valence-electron chi connectivity index (χ2n) is 4.43. The van der Waals surface area contributed by atoms with Crippen LogP contribution in [0.2, 0.25) is 0 Å². The largest absolute Gasteiger partial charge is 0.309 e. The van der Waals surface area contributed by atoms with E-state index in [0.717, 1.165) is 6.54 Å². The van der Waals surface area contributed by atoms with Gasteiger partial charge >= 0.3 is 0 Å². The first-order chi connectivity index (χ1) is 8.78. The lowest BCUT2D eigenvalue weighted by atomic mass is 9.98. The maximum atomic E-state index is 4.88. The molecular weight excluding hydrogens is 328 g/mol. The number of nitrogens with zero attached hydrogens (tertiary/aromatic N) is 1. The van der Waals surface area contributed by atoms with E-state index < -0.39 is 0 Å².